The van der Waals surface area contributed by atoms with E-state index in [4.69, 9.17) is 15.6 Å². The molecule has 2 atom stereocenters. The zero-order valence-electron chi connectivity index (χ0n) is 9.26. The molecular weight excluding hydrogens is 204 g/mol. The van der Waals surface area contributed by atoms with Gasteiger partial charge in [-0.15, -0.1) is 0 Å². The molecule has 2 rings (SSSR count). The van der Waals surface area contributed by atoms with E-state index in [1.54, 1.807) is 0 Å². The minimum Gasteiger partial charge on any atom is -0.475 e. The monoisotopic (exact) mass is 220 g/mol. The molecule has 1 aliphatic rings. The molecule has 0 amide bonds. The maximum Gasteiger partial charge on any atom is 0.216 e. The summed E-state index contributed by atoms with van der Waals surface area (Å²) in [6, 6.07) is 7.54. The number of nitrogens with two attached hydrogens (primary N) is 1. The number of hydrogen-bond acceptors (Lipinski definition) is 4. The van der Waals surface area contributed by atoms with Gasteiger partial charge in [0.15, 0.2) is 0 Å². The van der Waals surface area contributed by atoms with Gasteiger partial charge in [-0.2, -0.15) is 0 Å². The molecule has 86 valence electrons. The van der Waals surface area contributed by atoms with Crippen LogP contribution in [0, 0.1) is 0 Å². The SMILES string of the molecule is CC1COC(c2ccc(C(N)CO)cc2)=N1. The van der Waals surface area contributed by atoms with Gasteiger partial charge >= 0.3 is 0 Å². The van der Waals surface area contributed by atoms with Crippen LogP contribution in [0.3, 0.4) is 0 Å². The summed E-state index contributed by atoms with van der Waals surface area (Å²) < 4.78 is 5.45. The van der Waals surface area contributed by atoms with Crippen molar-refractivity contribution in [3.05, 3.63) is 35.4 Å². The first-order chi connectivity index (χ1) is 7.70. The number of hydrogen-bond donors (Lipinski definition) is 2. The summed E-state index contributed by atoms with van der Waals surface area (Å²) in [5.74, 6) is 0.691. The maximum atomic E-state index is 8.93. The first-order valence-electron chi connectivity index (χ1n) is 5.38. The molecule has 0 fully saturated rings. The fourth-order valence-corrected chi connectivity index (χ4v) is 1.61. The molecule has 0 saturated heterocycles. The number of aliphatic hydroxyl groups is 1. The summed E-state index contributed by atoms with van der Waals surface area (Å²) in [5, 5.41) is 8.93. The topological polar surface area (TPSA) is 67.8 Å². The number of benzene rings is 1. The molecule has 3 N–H and O–H groups in total. The smallest absolute Gasteiger partial charge is 0.216 e. The number of aliphatic imine (C=N–C) groups is 1. The highest BCUT2D eigenvalue weighted by molar-refractivity contribution is 5.95. The Bertz CT molecular complexity index is 387. The molecule has 2 unspecified atom stereocenters. The Labute approximate surface area is 94.8 Å². The van der Waals surface area contributed by atoms with Gasteiger partial charge in [0, 0.05) is 5.56 Å². The van der Waals surface area contributed by atoms with Crippen LogP contribution in [-0.4, -0.2) is 30.3 Å². The minimum atomic E-state index is -0.320. The lowest BCUT2D eigenvalue weighted by molar-refractivity contribution is 0.268. The van der Waals surface area contributed by atoms with Gasteiger partial charge in [-0.25, -0.2) is 4.99 Å². The average molecular weight is 220 g/mol. The molecule has 1 aromatic rings. The highest BCUT2D eigenvalue weighted by atomic mass is 16.5. The van der Waals surface area contributed by atoms with Crippen molar-refractivity contribution in [3.8, 4) is 0 Å². The van der Waals surface area contributed by atoms with Crippen LogP contribution in [0.5, 0.6) is 0 Å². The van der Waals surface area contributed by atoms with Crippen molar-refractivity contribution in [3.63, 3.8) is 0 Å². The van der Waals surface area contributed by atoms with Gasteiger partial charge in [0.1, 0.15) is 6.61 Å². The van der Waals surface area contributed by atoms with Crippen molar-refractivity contribution >= 4 is 5.90 Å². The van der Waals surface area contributed by atoms with Crippen LogP contribution in [0.1, 0.15) is 24.1 Å². The van der Waals surface area contributed by atoms with Gasteiger partial charge in [-0.3, -0.25) is 0 Å². The second kappa shape index (κ2) is 4.63. The van der Waals surface area contributed by atoms with Crippen molar-refractivity contribution in [2.24, 2.45) is 10.7 Å². The molecule has 4 nitrogen and oxygen atoms in total. The Hall–Kier alpha value is -1.39. The van der Waals surface area contributed by atoms with Crippen LogP contribution in [-0.2, 0) is 4.74 Å². The van der Waals surface area contributed by atoms with Gasteiger partial charge < -0.3 is 15.6 Å². The molecule has 0 aromatic heterocycles. The van der Waals surface area contributed by atoms with Crippen molar-refractivity contribution in [2.75, 3.05) is 13.2 Å². The number of aliphatic hydroxyl groups excluding tert-OH is 1. The predicted octanol–water partition coefficient (Wildman–Crippen LogP) is 0.844. The Morgan fingerprint density at radius 1 is 1.50 bits per heavy atom. The lowest BCUT2D eigenvalue weighted by Gasteiger charge is -2.09. The second-order valence-electron chi connectivity index (χ2n) is 4.01. The fraction of sp³-hybridized carbons (Fsp3) is 0.417. The first-order valence-corrected chi connectivity index (χ1v) is 5.38. The number of nitrogens with zero attached hydrogens (tertiary/aromatic N) is 1. The fourth-order valence-electron chi connectivity index (χ4n) is 1.61. The largest absolute Gasteiger partial charge is 0.475 e. The van der Waals surface area contributed by atoms with Crippen molar-refractivity contribution < 1.29 is 9.84 Å². The van der Waals surface area contributed by atoms with E-state index in [9.17, 15) is 0 Å². The standard InChI is InChI=1S/C12H16N2O2/c1-8-7-16-12(14-8)10-4-2-9(3-5-10)11(13)6-15/h2-5,8,11,15H,6-7,13H2,1H3. The molecule has 16 heavy (non-hydrogen) atoms. The van der Waals surface area contributed by atoms with E-state index >= 15 is 0 Å². The molecule has 1 aromatic carbocycles. The van der Waals surface area contributed by atoms with Crippen LogP contribution in [0.15, 0.2) is 29.3 Å². The van der Waals surface area contributed by atoms with Gasteiger partial charge in [0.05, 0.1) is 18.7 Å². The van der Waals surface area contributed by atoms with Gasteiger partial charge in [0.25, 0.3) is 0 Å². The first kappa shape index (κ1) is 11.1. The van der Waals surface area contributed by atoms with Gasteiger partial charge in [0.2, 0.25) is 5.90 Å². The number of ether oxygens (including phenoxy) is 1. The third kappa shape index (κ3) is 2.23. The molecule has 4 heteroatoms. The summed E-state index contributed by atoms with van der Waals surface area (Å²) in [4.78, 5) is 4.37. The van der Waals surface area contributed by atoms with Gasteiger partial charge in [-0.05, 0) is 24.6 Å². The van der Waals surface area contributed by atoms with E-state index in [-0.39, 0.29) is 18.7 Å². The van der Waals surface area contributed by atoms with E-state index in [0.29, 0.717) is 12.5 Å². The second-order valence-corrected chi connectivity index (χ2v) is 4.01. The zero-order valence-corrected chi connectivity index (χ0v) is 9.26. The molecule has 0 saturated carbocycles. The Balaban J connectivity index is 2.16. The molecule has 1 heterocycles. The predicted molar refractivity (Wildman–Crippen MR) is 62.4 cm³/mol. The molecule has 1 aliphatic heterocycles. The van der Waals surface area contributed by atoms with Crippen LogP contribution in [0.25, 0.3) is 0 Å². The van der Waals surface area contributed by atoms with E-state index in [2.05, 4.69) is 4.99 Å². The van der Waals surface area contributed by atoms with Gasteiger partial charge in [-0.1, -0.05) is 12.1 Å². The molecule has 0 radical (unpaired) electrons. The third-order valence-corrected chi connectivity index (χ3v) is 2.58. The normalized spacial score (nSPS) is 21.4. The zero-order chi connectivity index (χ0) is 11.5. The minimum absolute atomic E-state index is 0.0478. The van der Waals surface area contributed by atoms with Crippen LogP contribution in [0.2, 0.25) is 0 Å². The van der Waals surface area contributed by atoms with Crippen LogP contribution < -0.4 is 5.73 Å². The Morgan fingerprint density at radius 2 is 2.19 bits per heavy atom. The lowest BCUT2D eigenvalue weighted by atomic mass is 10.1. The van der Waals surface area contributed by atoms with E-state index in [0.717, 1.165) is 11.1 Å². The van der Waals surface area contributed by atoms with Crippen LogP contribution in [0.4, 0.5) is 0 Å². The molecule has 0 bridgehead atoms. The molecule has 0 spiro atoms. The Morgan fingerprint density at radius 3 is 2.69 bits per heavy atom. The molecule has 0 aliphatic carbocycles. The summed E-state index contributed by atoms with van der Waals surface area (Å²) in [5.41, 5.74) is 7.58. The summed E-state index contributed by atoms with van der Waals surface area (Å²) >= 11 is 0. The van der Waals surface area contributed by atoms with Crippen molar-refractivity contribution in [1.82, 2.24) is 0 Å². The average Bonchev–Trinajstić information content (AvgIpc) is 2.75. The highest BCUT2D eigenvalue weighted by Gasteiger charge is 2.16. The van der Waals surface area contributed by atoms with E-state index in [1.165, 1.54) is 0 Å². The maximum absolute atomic E-state index is 8.93. The highest BCUT2D eigenvalue weighted by Crippen LogP contribution is 2.15. The third-order valence-electron chi connectivity index (χ3n) is 2.58. The van der Waals surface area contributed by atoms with E-state index in [1.807, 2.05) is 31.2 Å². The quantitative estimate of drug-likeness (QED) is 0.793. The number of rotatable bonds is 3. The lowest BCUT2D eigenvalue weighted by Crippen LogP contribution is -2.14. The summed E-state index contributed by atoms with van der Waals surface area (Å²) in [7, 11) is 0. The molecular formula is C12H16N2O2. The Kier molecular flexibility index (Phi) is 3.22. The van der Waals surface area contributed by atoms with Crippen LogP contribution >= 0.6 is 0 Å². The van der Waals surface area contributed by atoms with Crippen molar-refractivity contribution in [2.45, 2.75) is 19.0 Å². The van der Waals surface area contributed by atoms with E-state index < -0.39 is 0 Å². The van der Waals surface area contributed by atoms with Crippen molar-refractivity contribution in [1.29, 1.82) is 0 Å². The summed E-state index contributed by atoms with van der Waals surface area (Å²) in [6.45, 7) is 2.62. The summed E-state index contributed by atoms with van der Waals surface area (Å²) in [6.07, 6.45) is 0.